The zero-order valence-electron chi connectivity index (χ0n) is 10.3. The Kier molecular flexibility index (Phi) is 4.92. The summed E-state index contributed by atoms with van der Waals surface area (Å²) in [5, 5.41) is 9.68. The van der Waals surface area contributed by atoms with E-state index in [-0.39, 0.29) is 6.42 Å². The fourth-order valence-corrected chi connectivity index (χ4v) is 2.50. The predicted molar refractivity (Wildman–Crippen MR) is 74.0 cm³/mol. The van der Waals surface area contributed by atoms with Gasteiger partial charge in [-0.3, -0.25) is 9.78 Å². The molecule has 2 rings (SSSR count). The van der Waals surface area contributed by atoms with Crippen LogP contribution in [0.15, 0.2) is 47.8 Å². The monoisotopic (exact) mass is 274 g/mol. The molecule has 0 aliphatic carbocycles. The van der Waals surface area contributed by atoms with E-state index >= 15 is 0 Å². The van der Waals surface area contributed by atoms with E-state index in [1.54, 1.807) is 24.2 Å². The number of aryl methyl sites for hydroxylation is 1. The Morgan fingerprint density at radius 1 is 1.16 bits per heavy atom. The molecule has 0 aliphatic heterocycles. The van der Waals surface area contributed by atoms with Gasteiger partial charge in [-0.05, 0) is 30.2 Å². The van der Waals surface area contributed by atoms with Gasteiger partial charge in [-0.1, -0.05) is 12.1 Å². The number of thioether (sulfide) groups is 1. The van der Waals surface area contributed by atoms with E-state index in [9.17, 15) is 4.79 Å². The second-order valence-electron chi connectivity index (χ2n) is 3.96. The van der Waals surface area contributed by atoms with Crippen LogP contribution in [0.3, 0.4) is 0 Å². The number of carboxylic acid groups (broad SMARTS) is 1. The maximum atomic E-state index is 10.6. The van der Waals surface area contributed by atoms with E-state index in [0.29, 0.717) is 12.2 Å². The molecule has 0 fully saturated rings. The molecular weight excluding hydrogens is 260 g/mol. The van der Waals surface area contributed by atoms with E-state index in [2.05, 4.69) is 9.97 Å². The van der Waals surface area contributed by atoms with Gasteiger partial charge in [0.1, 0.15) is 0 Å². The van der Waals surface area contributed by atoms with Crippen LogP contribution in [-0.2, 0) is 17.0 Å². The van der Waals surface area contributed by atoms with E-state index in [1.165, 1.54) is 0 Å². The highest BCUT2D eigenvalue weighted by Crippen LogP contribution is 2.21. The summed E-state index contributed by atoms with van der Waals surface area (Å²) in [4.78, 5) is 19.2. The summed E-state index contributed by atoms with van der Waals surface area (Å²) in [6.45, 7) is 0. The highest BCUT2D eigenvalue weighted by molar-refractivity contribution is 7.98. The van der Waals surface area contributed by atoms with E-state index < -0.39 is 5.97 Å². The zero-order valence-corrected chi connectivity index (χ0v) is 11.1. The average molecular weight is 274 g/mol. The van der Waals surface area contributed by atoms with Crippen molar-refractivity contribution in [3.63, 3.8) is 0 Å². The van der Waals surface area contributed by atoms with Crippen LogP contribution in [0.2, 0.25) is 0 Å². The molecule has 98 valence electrons. The van der Waals surface area contributed by atoms with Gasteiger partial charge in [-0.25, -0.2) is 4.98 Å². The normalized spacial score (nSPS) is 10.3. The Labute approximate surface area is 115 Å². The van der Waals surface area contributed by atoms with Gasteiger partial charge in [0.25, 0.3) is 0 Å². The molecule has 1 N–H and O–H groups in total. The van der Waals surface area contributed by atoms with Gasteiger partial charge in [-0.15, -0.1) is 11.8 Å². The summed E-state index contributed by atoms with van der Waals surface area (Å²) < 4.78 is 0. The average Bonchev–Trinajstić information content (AvgIpc) is 2.45. The predicted octanol–water partition coefficient (Wildman–Crippen LogP) is 2.79. The third-order valence-electron chi connectivity index (χ3n) is 2.59. The van der Waals surface area contributed by atoms with Crippen LogP contribution in [0.5, 0.6) is 0 Å². The first kappa shape index (κ1) is 13.5. The van der Waals surface area contributed by atoms with Gasteiger partial charge in [0.15, 0.2) is 0 Å². The highest BCUT2D eigenvalue weighted by Gasteiger charge is 2.06. The lowest BCUT2D eigenvalue weighted by atomic mass is 10.1. The molecule has 2 aromatic rings. The van der Waals surface area contributed by atoms with Gasteiger partial charge in [0.05, 0.1) is 10.7 Å². The second kappa shape index (κ2) is 6.89. The van der Waals surface area contributed by atoms with Crippen molar-refractivity contribution >= 4 is 17.7 Å². The number of hydrogen-bond donors (Lipinski definition) is 1. The van der Waals surface area contributed by atoms with Gasteiger partial charge >= 0.3 is 5.97 Å². The van der Waals surface area contributed by atoms with Crippen molar-refractivity contribution in [3.8, 4) is 0 Å². The fraction of sp³-hybridized carbons (Fsp3) is 0.214. The van der Waals surface area contributed by atoms with Gasteiger partial charge in [-0.2, -0.15) is 0 Å². The topological polar surface area (TPSA) is 63.1 Å². The molecule has 0 bridgehead atoms. The van der Waals surface area contributed by atoms with Crippen LogP contribution in [-0.4, -0.2) is 21.0 Å². The Hall–Kier alpha value is -1.88. The lowest BCUT2D eigenvalue weighted by Gasteiger charge is -2.06. The van der Waals surface area contributed by atoms with Crippen molar-refractivity contribution in [1.29, 1.82) is 0 Å². The number of carbonyl (C=O) groups is 1. The van der Waals surface area contributed by atoms with Crippen molar-refractivity contribution < 1.29 is 9.90 Å². The maximum absolute atomic E-state index is 10.6. The molecule has 0 unspecified atom stereocenters. The first-order valence-electron chi connectivity index (χ1n) is 5.94. The van der Waals surface area contributed by atoms with E-state index in [0.717, 1.165) is 16.3 Å². The summed E-state index contributed by atoms with van der Waals surface area (Å²) in [6, 6.07) is 9.54. The first-order valence-corrected chi connectivity index (χ1v) is 6.92. The molecular formula is C14H14N2O2S. The molecule has 0 amide bonds. The molecule has 0 saturated carbocycles. The number of hydrogen-bond acceptors (Lipinski definition) is 4. The lowest BCUT2D eigenvalue weighted by molar-refractivity contribution is -0.136. The number of aromatic nitrogens is 2. The third-order valence-corrected chi connectivity index (χ3v) is 3.54. The molecule has 5 heteroatoms. The Morgan fingerprint density at radius 3 is 2.74 bits per heavy atom. The van der Waals surface area contributed by atoms with Crippen molar-refractivity contribution in [1.82, 2.24) is 9.97 Å². The Bertz CT molecular complexity index is 546. The molecule has 2 heterocycles. The van der Waals surface area contributed by atoms with Crippen LogP contribution >= 0.6 is 11.8 Å². The maximum Gasteiger partial charge on any atom is 0.303 e. The van der Waals surface area contributed by atoms with Gasteiger partial charge in [0, 0.05) is 24.6 Å². The number of aliphatic carboxylic acids is 1. The molecule has 0 atom stereocenters. The summed E-state index contributed by atoms with van der Waals surface area (Å²) in [7, 11) is 0. The molecule has 0 aromatic carbocycles. The van der Waals surface area contributed by atoms with Crippen LogP contribution in [0.25, 0.3) is 0 Å². The number of nitrogens with zero attached hydrogens (tertiary/aromatic N) is 2. The minimum atomic E-state index is -0.785. The molecule has 4 nitrogen and oxygen atoms in total. The quantitative estimate of drug-likeness (QED) is 0.821. The SMILES string of the molecule is O=C(O)CCc1cccnc1CSc1ccccn1. The van der Waals surface area contributed by atoms with Crippen LogP contribution < -0.4 is 0 Å². The van der Waals surface area contributed by atoms with Crippen LogP contribution in [0.1, 0.15) is 17.7 Å². The number of carboxylic acids is 1. The molecule has 19 heavy (non-hydrogen) atoms. The number of pyridine rings is 2. The Morgan fingerprint density at radius 2 is 2.00 bits per heavy atom. The smallest absolute Gasteiger partial charge is 0.303 e. The third kappa shape index (κ3) is 4.37. The summed E-state index contributed by atoms with van der Waals surface area (Å²) in [5.74, 6) is -0.0838. The second-order valence-corrected chi connectivity index (χ2v) is 4.96. The summed E-state index contributed by atoms with van der Waals surface area (Å²) in [5.41, 5.74) is 1.92. The standard InChI is InChI=1S/C14H14N2O2S/c17-14(18)7-6-11-4-3-9-15-12(11)10-19-13-5-1-2-8-16-13/h1-5,8-9H,6-7,10H2,(H,17,18). The van der Waals surface area contributed by atoms with Gasteiger partial charge < -0.3 is 5.11 Å². The summed E-state index contributed by atoms with van der Waals surface area (Å²) in [6.07, 6.45) is 4.14. The van der Waals surface area contributed by atoms with Crippen LogP contribution in [0.4, 0.5) is 0 Å². The first-order chi connectivity index (χ1) is 9.25. The zero-order chi connectivity index (χ0) is 13.5. The Balaban J connectivity index is 2.01. The lowest BCUT2D eigenvalue weighted by Crippen LogP contribution is -2.01. The van der Waals surface area contributed by atoms with E-state index in [4.69, 9.17) is 5.11 Å². The van der Waals surface area contributed by atoms with E-state index in [1.807, 2.05) is 30.3 Å². The largest absolute Gasteiger partial charge is 0.481 e. The molecule has 2 aromatic heterocycles. The molecule has 0 saturated heterocycles. The fourth-order valence-electron chi connectivity index (χ4n) is 1.65. The summed E-state index contributed by atoms with van der Waals surface area (Å²) >= 11 is 1.60. The van der Waals surface area contributed by atoms with Crippen molar-refractivity contribution in [3.05, 3.63) is 54.0 Å². The van der Waals surface area contributed by atoms with Crippen LogP contribution in [0, 0.1) is 0 Å². The van der Waals surface area contributed by atoms with Crippen molar-refractivity contribution in [2.24, 2.45) is 0 Å². The molecule has 0 spiro atoms. The number of rotatable bonds is 6. The molecule has 0 aliphatic rings. The molecule has 0 radical (unpaired) electrons. The van der Waals surface area contributed by atoms with Crippen molar-refractivity contribution in [2.75, 3.05) is 0 Å². The van der Waals surface area contributed by atoms with Crippen molar-refractivity contribution in [2.45, 2.75) is 23.6 Å². The van der Waals surface area contributed by atoms with Gasteiger partial charge in [0.2, 0.25) is 0 Å². The minimum absolute atomic E-state index is 0.132. The minimum Gasteiger partial charge on any atom is -0.481 e. The highest BCUT2D eigenvalue weighted by atomic mass is 32.2.